The standard InChI is InChI=1S/C11H14N2O/c1-9-3-4-10(8-12)7-11(9)13-5-6-14-2/h3-4,7,13H,5-6H2,1-2H3. The van der Waals surface area contributed by atoms with E-state index in [0.717, 1.165) is 17.8 Å². The fraction of sp³-hybridized carbons (Fsp3) is 0.364. The van der Waals surface area contributed by atoms with Gasteiger partial charge in [0.1, 0.15) is 0 Å². The van der Waals surface area contributed by atoms with Gasteiger partial charge in [0.15, 0.2) is 0 Å². The lowest BCUT2D eigenvalue weighted by Crippen LogP contribution is -2.08. The highest BCUT2D eigenvalue weighted by molar-refractivity contribution is 5.55. The van der Waals surface area contributed by atoms with Gasteiger partial charge in [-0.1, -0.05) is 6.07 Å². The molecule has 1 aromatic carbocycles. The summed E-state index contributed by atoms with van der Waals surface area (Å²) in [4.78, 5) is 0. The Bertz CT molecular complexity index is 342. The highest BCUT2D eigenvalue weighted by Gasteiger charge is 1.98. The minimum Gasteiger partial charge on any atom is -0.383 e. The molecule has 0 aliphatic heterocycles. The maximum atomic E-state index is 8.72. The molecule has 14 heavy (non-hydrogen) atoms. The number of rotatable bonds is 4. The van der Waals surface area contributed by atoms with Gasteiger partial charge in [0.05, 0.1) is 18.2 Å². The Morgan fingerprint density at radius 1 is 1.50 bits per heavy atom. The molecule has 0 saturated heterocycles. The number of benzene rings is 1. The van der Waals surface area contributed by atoms with Gasteiger partial charge in [0.25, 0.3) is 0 Å². The fourth-order valence-corrected chi connectivity index (χ4v) is 1.17. The number of aryl methyl sites for hydroxylation is 1. The van der Waals surface area contributed by atoms with Crippen molar-refractivity contribution in [3.63, 3.8) is 0 Å². The van der Waals surface area contributed by atoms with Crippen LogP contribution < -0.4 is 5.32 Å². The lowest BCUT2D eigenvalue weighted by Gasteiger charge is -2.08. The molecule has 0 amide bonds. The largest absolute Gasteiger partial charge is 0.383 e. The van der Waals surface area contributed by atoms with Crippen LogP contribution in [0.15, 0.2) is 18.2 Å². The monoisotopic (exact) mass is 190 g/mol. The van der Waals surface area contributed by atoms with E-state index in [-0.39, 0.29) is 0 Å². The predicted octanol–water partition coefficient (Wildman–Crippen LogP) is 1.92. The Morgan fingerprint density at radius 2 is 2.29 bits per heavy atom. The Labute approximate surface area is 84.3 Å². The van der Waals surface area contributed by atoms with E-state index in [1.54, 1.807) is 7.11 Å². The molecule has 1 aromatic rings. The summed E-state index contributed by atoms with van der Waals surface area (Å²) in [5, 5.41) is 11.9. The van der Waals surface area contributed by atoms with Crippen molar-refractivity contribution in [3.8, 4) is 6.07 Å². The highest BCUT2D eigenvalue weighted by Crippen LogP contribution is 2.15. The molecule has 0 saturated carbocycles. The van der Waals surface area contributed by atoms with Gasteiger partial charge in [-0.2, -0.15) is 5.26 Å². The molecule has 0 unspecified atom stereocenters. The third kappa shape index (κ3) is 2.75. The van der Waals surface area contributed by atoms with Crippen molar-refractivity contribution in [1.29, 1.82) is 5.26 Å². The van der Waals surface area contributed by atoms with Crippen molar-refractivity contribution in [1.82, 2.24) is 0 Å². The summed E-state index contributed by atoms with van der Waals surface area (Å²) in [6.07, 6.45) is 0. The quantitative estimate of drug-likeness (QED) is 0.738. The first-order valence-corrected chi connectivity index (χ1v) is 4.51. The SMILES string of the molecule is COCCNc1cc(C#N)ccc1C. The van der Waals surface area contributed by atoms with Crippen LogP contribution in [0.25, 0.3) is 0 Å². The zero-order valence-corrected chi connectivity index (χ0v) is 8.50. The molecule has 0 bridgehead atoms. The Balaban J connectivity index is 2.70. The molecule has 0 aromatic heterocycles. The summed E-state index contributed by atoms with van der Waals surface area (Å²) in [6.45, 7) is 3.43. The zero-order chi connectivity index (χ0) is 10.4. The molecule has 0 fully saturated rings. The minimum atomic E-state index is 0.663. The number of anilines is 1. The van der Waals surface area contributed by atoms with E-state index in [1.807, 2.05) is 25.1 Å². The van der Waals surface area contributed by atoms with Gasteiger partial charge >= 0.3 is 0 Å². The lowest BCUT2D eigenvalue weighted by atomic mass is 10.1. The second-order valence-electron chi connectivity index (χ2n) is 3.06. The van der Waals surface area contributed by atoms with Crippen molar-refractivity contribution < 1.29 is 4.74 Å². The van der Waals surface area contributed by atoms with E-state index in [2.05, 4.69) is 11.4 Å². The minimum absolute atomic E-state index is 0.663. The number of ether oxygens (including phenoxy) is 1. The molecule has 3 heteroatoms. The van der Waals surface area contributed by atoms with Crippen LogP contribution in [0.4, 0.5) is 5.69 Å². The summed E-state index contributed by atoms with van der Waals surface area (Å²) in [7, 11) is 1.67. The maximum Gasteiger partial charge on any atom is 0.0992 e. The van der Waals surface area contributed by atoms with Crippen LogP contribution in [0.3, 0.4) is 0 Å². The van der Waals surface area contributed by atoms with Gasteiger partial charge in [0, 0.05) is 19.3 Å². The van der Waals surface area contributed by atoms with E-state index < -0.39 is 0 Å². The third-order valence-electron chi connectivity index (χ3n) is 1.99. The van der Waals surface area contributed by atoms with Crippen molar-refractivity contribution >= 4 is 5.69 Å². The molecule has 0 atom stereocenters. The molecular weight excluding hydrogens is 176 g/mol. The van der Waals surface area contributed by atoms with Gasteiger partial charge in [-0.25, -0.2) is 0 Å². The van der Waals surface area contributed by atoms with E-state index >= 15 is 0 Å². The molecule has 0 heterocycles. The Hall–Kier alpha value is -1.53. The molecule has 3 nitrogen and oxygen atoms in total. The van der Waals surface area contributed by atoms with Gasteiger partial charge < -0.3 is 10.1 Å². The summed E-state index contributed by atoms with van der Waals surface area (Å²) >= 11 is 0. The first kappa shape index (κ1) is 10.6. The summed E-state index contributed by atoms with van der Waals surface area (Å²) in [5.41, 5.74) is 2.82. The van der Waals surface area contributed by atoms with Crippen LogP contribution >= 0.6 is 0 Å². The molecule has 0 radical (unpaired) electrons. The number of methoxy groups -OCH3 is 1. The summed E-state index contributed by atoms with van der Waals surface area (Å²) in [5.74, 6) is 0. The average molecular weight is 190 g/mol. The van der Waals surface area contributed by atoms with Crippen molar-refractivity contribution in [2.24, 2.45) is 0 Å². The smallest absolute Gasteiger partial charge is 0.0992 e. The Kier molecular flexibility index (Phi) is 3.96. The molecule has 1 rings (SSSR count). The van der Waals surface area contributed by atoms with E-state index in [1.165, 1.54) is 0 Å². The molecular formula is C11H14N2O. The second kappa shape index (κ2) is 5.25. The van der Waals surface area contributed by atoms with Crippen molar-refractivity contribution in [2.45, 2.75) is 6.92 Å². The van der Waals surface area contributed by atoms with E-state index in [4.69, 9.17) is 10.00 Å². The number of hydrogen-bond acceptors (Lipinski definition) is 3. The lowest BCUT2D eigenvalue weighted by molar-refractivity contribution is 0.211. The van der Waals surface area contributed by atoms with Crippen molar-refractivity contribution in [2.75, 3.05) is 25.6 Å². The van der Waals surface area contributed by atoms with Gasteiger partial charge in [-0.15, -0.1) is 0 Å². The highest BCUT2D eigenvalue weighted by atomic mass is 16.5. The fourth-order valence-electron chi connectivity index (χ4n) is 1.17. The van der Waals surface area contributed by atoms with E-state index in [9.17, 15) is 0 Å². The summed E-state index contributed by atoms with van der Waals surface area (Å²) < 4.78 is 4.93. The van der Waals surface area contributed by atoms with Crippen LogP contribution in [0.2, 0.25) is 0 Å². The zero-order valence-electron chi connectivity index (χ0n) is 8.50. The average Bonchev–Trinajstić information content (AvgIpc) is 2.21. The predicted molar refractivity (Wildman–Crippen MR) is 56.3 cm³/mol. The normalized spacial score (nSPS) is 9.50. The molecule has 0 aliphatic carbocycles. The van der Waals surface area contributed by atoms with Crippen LogP contribution in [0, 0.1) is 18.3 Å². The molecule has 0 aliphatic rings. The van der Waals surface area contributed by atoms with Crippen LogP contribution in [0.1, 0.15) is 11.1 Å². The molecule has 0 spiro atoms. The van der Waals surface area contributed by atoms with Crippen LogP contribution in [0.5, 0.6) is 0 Å². The van der Waals surface area contributed by atoms with Crippen molar-refractivity contribution in [3.05, 3.63) is 29.3 Å². The third-order valence-corrected chi connectivity index (χ3v) is 1.99. The van der Waals surface area contributed by atoms with Crippen LogP contribution in [-0.4, -0.2) is 20.3 Å². The first-order valence-electron chi connectivity index (χ1n) is 4.51. The number of nitrogens with one attached hydrogen (secondary N) is 1. The van der Waals surface area contributed by atoms with Gasteiger partial charge in [0.2, 0.25) is 0 Å². The van der Waals surface area contributed by atoms with Gasteiger partial charge in [-0.3, -0.25) is 0 Å². The summed E-state index contributed by atoms with van der Waals surface area (Å²) in [6, 6.07) is 7.72. The van der Waals surface area contributed by atoms with E-state index in [0.29, 0.717) is 12.2 Å². The topological polar surface area (TPSA) is 45.0 Å². The number of hydrogen-bond donors (Lipinski definition) is 1. The Morgan fingerprint density at radius 3 is 2.93 bits per heavy atom. The molecule has 74 valence electrons. The van der Waals surface area contributed by atoms with Crippen LogP contribution in [-0.2, 0) is 4.74 Å². The van der Waals surface area contributed by atoms with Gasteiger partial charge in [-0.05, 0) is 24.6 Å². The first-order chi connectivity index (χ1) is 6.77. The number of nitrogens with zero attached hydrogens (tertiary/aromatic N) is 1. The second-order valence-corrected chi connectivity index (χ2v) is 3.06. The number of nitriles is 1. The molecule has 1 N–H and O–H groups in total. The maximum absolute atomic E-state index is 8.72.